The first-order valence-corrected chi connectivity index (χ1v) is 8.24. The summed E-state index contributed by atoms with van der Waals surface area (Å²) >= 11 is 0. The van der Waals surface area contributed by atoms with Crippen LogP contribution in [0.1, 0.15) is 6.42 Å². The standard InChI is InChI=1S/C13H19N3O3S/c1-16(12-5-6-20(18,19)9-12)8-13(17)15-11-4-2-3-10(14)7-11/h2-4,7,12H,5-6,8-9,14H2,1H3,(H,15,17). The highest BCUT2D eigenvalue weighted by atomic mass is 32.2. The molecule has 1 aromatic carbocycles. The molecule has 1 aliphatic heterocycles. The Morgan fingerprint density at radius 2 is 2.25 bits per heavy atom. The summed E-state index contributed by atoms with van der Waals surface area (Å²) in [6.07, 6.45) is 0.588. The molecule has 0 bridgehead atoms. The van der Waals surface area contributed by atoms with Crippen molar-refractivity contribution < 1.29 is 13.2 Å². The van der Waals surface area contributed by atoms with Gasteiger partial charge in [-0.25, -0.2) is 8.42 Å². The number of rotatable bonds is 4. The molecule has 1 aliphatic rings. The molecule has 2 rings (SSSR count). The Hall–Kier alpha value is -1.60. The molecule has 1 heterocycles. The minimum Gasteiger partial charge on any atom is -0.399 e. The first-order valence-electron chi connectivity index (χ1n) is 6.42. The van der Waals surface area contributed by atoms with E-state index < -0.39 is 9.84 Å². The third kappa shape index (κ3) is 3.94. The quantitative estimate of drug-likeness (QED) is 0.781. The Morgan fingerprint density at radius 3 is 2.85 bits per heavy atom. The number of nitrogen functional groups attached to an aromatic ring is 1. The summed E-state index contributed by atoms with van der Waals surface area (Å²) in [4.78, 5) is 13.7. The zero-order chi connectivity index (χ0) is 14.8. The van der Waals surface area contributed by atoms with E-state index in [1.165, 1.54) is 0 Å². The van der Waals surface area contributed by atoms with Crippen LogP contribution in [0.4, 0.5) is 11.4 Å². The van der Waals surface area contributed by atoms with Gasteiger partial charge >= 0.3 is 0 Å². The highest BCUT2D eigenvalue weighted by molar-refractivity contribution is 7.91. The number of nitrogens with two attached hydrogens (primary N) is 1. The van der Waals surface area contributed by atoms with E-state index in [2.05, 4.69) is 5.32 Å². The van der Waals surface area contributed by atoms with Crippen LogP contribution in [0.5, 0.6) is 0 Å². The number of anilines is 2. The molecule has 7 heteroatoms. The van der Waals surface area contributed by atoms with Crippen LogP contribution in [0.25, 0.3) is 0 Å². The molecule has 1 atom stereocenters. The first-order chi connectivity index (χ1) is 9.35. The monoisotopic (exact) mass is 297 g/mol. The average molecular weight is 297 g/mol. The van der Waals surface area contributed by atoms with E-state index in [4.69, 9.17) is 5.73 Å². The fourth-order valence-electron chi connectivity index (χ4n) is 2.30. The van der Waals surface area contributed by atoms with Gasteiger partial charge in [-0.2, -0.15) is 0 Å². The number of carbonyl (C=O) groups excluding carboxylic acids is 1. The Morgan fingerprint density at radius 1 is 1.50 bits per heavy atom. The molecular weight excluding hydrogens is 278 g/mol. The third-order valence-corrected chi connectivity index (χ3v) is 5.15. The molecule has 6 nitrogen and oxygen atoms in total. The second-order valence-corrected chi connectivity index (χ2v) is 7.37. The topological polar surface area (TPSA) is 92.5 Å². The Balaban J connectivity index is 1.88. The summed E-state index contributed by atoms with van der Waals surface area (Å²) < 4.78 is 22.8. The summed E-state index contributed by atoms with van der Waals surface area (Å²) in [5.41, 5.74) is 6.86. The predicted octanol–water partition coefficient (Wildman–Crippen LogP) is 0.326. The molecule has 1 aromatic rings. The molecule has 1 amide bonds. The fraction of sp³-hybridized carbons (Fsp3) is 0.462. The van der Waals surface area contributed by atoms with Crippen molar-refractivity contribution in [3.63, 3.8) is 0 Å². The number of sulfone groups is 1. The highest BCUT2D eigenvalue weighted by Crippen LogP contribution is 2.16. The van der Waals surface area contributed by atoms with Crippen LogP contribution in [-0.2, 0) is 14.6 Å². The fourth-order valence-corrected chi connectivity index (χ4v) is 4.10. The van der Waals surface area contributed by atoms with Crippen LogP contribution in [0, 0.1) is 0 Å². The lowest BCUT2D eigenvalue weighted by Crippen LogP contribution is -2.38. The first kappa shape index (κ1) is 14.8. The lowest BCUT2D eigenvalue weighted by atomic mass is 10.2. The van der Waals surface area contributed by atoms with Crippen molar-refractivity contribution >= 4 is 27.1 Å². The average Bonchev–Trinajstić information content (AvgIpc) is 2.69. The lowest BCUT2D eigenvalue weighted by Gasteiger charge is -2.22. The number of carbonyl (C=O) groups is 1. The summed E-state index contributed by atoms with van der Waals surface area (Å²) in [5.74, 6) is 0.163. The van der Waals surface area contributed by atoms with Crippen molar-refractivity contribution in [1.29, 1.82) is 0 Å². The van der Waals surface area contributed by atoms with Crippen molar-refractivity contribution in [2.75, 3.05) is 36.1 Å². The number of benzene rings is 1. The zero-order valence-electron chi connectivity index (χ0n) is 11.4. The molecule has 1 unspecified atom stereocenters. The summed E-state index contributed by atoms with van der Waals surface area (Å²) in [6, 6.07) is 6.86. The van der Waals surface area contributed by atoms with Gasteiger partial charge in [0.1, 0.15) is 0 Å². The van der Waals surface area contributed by atoms with E-state index in [1.54, 1.807) is 36.2 Å². The van der Waals surface area contributed by atoms with Crippen LogP contribution in [0.2, 0.25) is 0 Å². The third-order valence-electron chi connectivity index (χ3n) is 3.40. The van der Waals surface area contributed by atoms with E-state index in [0.717, 1.165) is 0 Å². The van der Waals surface area contributed by atoms with Crippen molar-refractivity contribution in [1.82, 2.24) is 4.90 Å². The SMILES string of the molecule is CN(CC(=O)Nc1cccc(N)c1)C1CCS(=O)(=O)C1. The zero-order valence-corrected chi connectivity index (χ0v) is 12.2. The number of hydrogen-bond donors (Lipinski definition) is 2. The van der Waals surface area contributed by atoms with Gasteiger partial charge in [0.15, 0.2) is 9.84 Å². The maximum atomic E-state index is 11.9. The minimum absolute atomic E-state index is 0.0772. The van der Waals surface area contributed by atoms with Crippen molar-refractivity contribution in [2.45, 2.75) is 12.5 Å². The molecular formula is C13H19N3O3S. The van der Waals surface area contributed by atoms with Crippen LogP contribution in [-0.4, -0.2) is 50.4 Å². The Kier molecular flexibility index (Phi) is 4.29. The Bertz CT molecular complexity index is 601. The van der Waals surface area contributed by atoms with Crippen LogP contribution >= 0.6 is 0 Å². The van der Waals surface area contributed by atoms with E-state index in [1.807, 2.05) is 0 Å². The smallest absolute Gasteiger partial charge is 0.238 e. The molecule has 110 valence electrons. The van der Waals surface area contributed by atoms with Gasteiger partial charge in [0.25, 0.3) is 0 Å². The van der Waals surface area contributed by atoms with E-state index in [0.29, 0.717) is 17.8 Å². The van der Waals surface area contributed by atoms with Gasteiger partial charge in [0.2, 0.25) is 5.91 Å². The largest absolute Gasteiger partial charge is 0.399 e. The predicted molar refractivity (Wildman–Crippen MR) is 79.2 cm³/mol. The molecule has 1 fully saturated rings. The number of nitrogens with one attached hydrogen (secondary N) is 1. The van der Waals surface area contributed by atoms with Gasteiger partial charge < -0.3 is 11.1 Å². The Labute approximate surface area is 118 Å². The van der Waals surface area contributed by atoms with E-state index in [9.17, 15) is 13.2 Å². The molecule has 0 radical (unpaired) electrons. The van der Waals surface area contributed by atoms with Crippen molar-refractivity contribution in [3.05, 3.63) is 24.3 Å². The summed E-state index contributed by atoms with van der Waals surface area (Å²) in [7, 11) is -1.16. The maximum absolute atomic E-state index is 11.9. The summed E-state index contributed by atoms with van der Waals surface area (Å²) in [5, 5.41) is 2.75. The minimum atomic E-state index is -2.93. The molecule has 0 spiro atoms. The molecule has 0 aromatic heterocycles. The van der Waals surface area contributed by atoms with Crippen LogP contribution in [0.15, 0.2) is 24.3 Å². The van der Waals surface area contributed by atoms with Crippen LogP contribution in [0.3, 0.4) is 0 Å². The van der Waals surface area contributed by atoms with Crippen molar-refractivity contribution in [3.8, 4) is 0 Å². The molecule has 0 saturated carbocycles. The van der Waals surface area contributed by atoms with Crippen molar-refractivity contribution in [2.24, 2.45) is 0 Å². The molecule has 1 saturated heterocycles. The number of hydrogen-bond acceptors (Lipinski definition) is 5. The molecule has 0 aliphatic carbocycles. The van der Waals surface area contributed by atoms with Gasteiger partial charge in [0, 0.05) is 17.4 Å². The number of amides is 1. The normalized spacial score (nSPS) is 21.0. The van der Waals surface area contributed by atoms with Gasteiger partial charge in [-0.1, -0.05) is 6.07 Å². The van der Waals surface area contributed by atoms with Gasteiger partial charge in [-0.3, -0.25) is 9.69 Å². The number of likely N-dealkylation sites (N-methyl/N-ethyl adjacent to an activating group) is 1. The molecule has 20 heavy (non-hydrogen) atoms. The maximum Gasteiger partial charge on any atom is 0.238 e. The van der Waals surface area contributed by atoms with Crippen LogP contribution < -0.4 is 11.1 Å². The number of nitrogens with zero attached hydrogens (tertiary/aromatic N) is 1. The second-order valence-electron chi connectivity index (χ2n) is 5.15. The molecule has 3 N–H and O–H groups in total. The van der Waals surface area contributed by atoms with Gasteiger partial charge in [0.05, 0.1) is 18.1 Å². The van der Waals surface area contributed by atoms with E-state index >= 15 is 0 Å². The summed E-state index contributed by atoms with van der Waals surface area (Å²) in [6.45, 7) is 0.162. The van der Waals surface area contributed by atoms with E-state index in [-0.39, 0.29) is 30.0 Å². The van der Waals surface area contributed by atoms with Gasteiger partial charge in [-0.15, -0.1) is 0 Å². The van der Waals surface area contributed by atoms with Gasteiger partial charge in [-0.05, 0) is 31.7 Å². The highest BCUT2D eigenvalue weighted by Gasteiger charge is 2.31. The lowest BCUT2D eigenvalue weighted by molar-refractivity contribution is -0.117. The second kappa shape index (κ2) is 5.80.